The number of halogens is 3. The highest BCUT2D eigenvalue weighted by Gasteiger charge is 2.31. The Bertz CT molecular complexity index is 593. The molecule has 0 atom stereocenters. The fraction of sp³-hybridized carbons (Fsp3) is 0.438. The molecule has 0 saturated carbocycles. The van der Waals surface area contributed by atoms with E-state index in [0.29, 0.717) is 24.0 Å². The lowest BCUT2D eigenvalue weighted by atomic mass is 9.91. The summed E-state index contributed by atoms with van der Waals surface area (Å²) >= 11 is 0. The van der Waals surface area contributed by atoms with Gasteiger partial charge in [-0.05, 0) is 62.9 Å². The van der Waals surface area contributed by atoms with Gasteiger partial charge >= 0.3 is 12.1 Å². The van der Waals surface area contributed by atoms with E-state index in [1.165, 1.54) is 12.1 Å². The van der Waals surface area contributed by atoms with Crippen LogP contribution in [-0.4, -0.2) is 11.6 Å². The normalized spacial score (nSPS) is 15.2. The van der Waals surface area contributed by atoms with E-state index < -0.39 is 23.3 Å². The molecule has 0 radical (unpaired) electrons. The number of hydrogen-bond acceptors (Lipinski definition) is 2. The van der Waals surface area contributed by atoms with Crippen molar-refractivity contribution >= 4 is 12.0 Å². The molecule has 21 heavy (non-hydrogen) atoms. The molecule has 0 spiro atoms. The van der Waals surface area contributed by atoms with E-state index in [2.05, 4.69) is 0 Å². The summed E-state index contributed by atoms with van der Waals surface area (Å²) in [5.74, 6) is -0.467. The number of ether oxygens (including phenoxy) is 1. The standard InChI is InChI=1S/C16H17F3O2/c1-15(2,3)21-14(20)11-5-4-10-6-7-13(16(17,18)19)9-12(10)8-11/h6-9H,4-5H2,1-3H3. The van der Waals surface area contributed by atoms with E-state index >= 15 is 0 Å². The van der Waals surface area contributed by atoms with Gasteiger partial charge in [0.15, 0.2) is 0 Å². The van der Waals surface area contributed by atoms with Crippen molar-refractivity contribution in [2.75, 3.05) is 0 Å². The Balaban J connectivity index is 2.31. The molecule has 1 aromatic rings. The Morgan fingerprint density at radius 2 is 1.81 bits per heavy atom. The number of benzene rings is 1. The van der Waals surface area contributed by atoms with Gasteiger partial charge < -0.3 is 4.74 Å². The minimum Gasteiger partial charge on any atom is -0.457 e. The largest absolute Gasteiger partial charge is 0.457 e. The van der Waals surface area contributed by atoms with Crippen LogP contribution in [0, 0.1) is 0 Å². The maximum absolute atomic E-state index is 12.7. The number of rotatable bonds is 1. The third kappa shape index (κ3) is 3.86. The summed E-state index contributed by atoms with van der Waals surface area (Å²) in [6.07, 6.45) is -1.86. The molecule has 0 N–H and O–H groups in total. The molecule has 1 aliphatic rings. The van der Waals surface area contributed by atoms with Gasteiger partial charge in [-0.15, -0.1) is 0 Å². The van der Waals surface area contributed by atoms with E-state index in [1.54, 1.807) is 20.8 Å². The molecular weight excluding hydrogens is 281 g/mol. The highest BCUT2D eigenvalue weighted by Crippen LogP contribution is 2.33. The van der Waals surface area contributed by atoms with Gasteiger partial charge in [0.05, 0.1) is 5.56 Å². The van der Waals surface area contributed by atoms with E-state index in [4.69, 9.17) is 4.74 Å². The van der Waals surface area contributed by atoms with Gasteiger partial charge in [-0.25, -0.2) is 4.79 Å². The molecule has 2 nitrogen and oxygen atoms in total. The first-order valence-corrected chi connectivity index (χ1v) is 6.70. The molecule has 0 heterocycles. The number of hydrogen-bond donors (Lipinski definition) is 0. The summed E-state index contributed by atoms with van der Waals surface area (Å²) in [6, 6.07) is 3.63. The Kier molecular flexibility index (Phi) is 3.87. The quantitative estimate of drug-likeness (QED) is 0.719. The van der Waals surface area contributed by atoms with Crippen molar-refractivity contribution in [3.05, 3.63) is 40.5 Å². The Morgan fingerprint density at radius 1 is 1.14 bits per heavy atom. The lowest BCUT2D eigenvalue weighted by molar-refractivity contribution is -0.150. The van der Waals surface area contributed by atoms with Crippen molar-refractivity contribution in [1.29, 1.82) is 0 Å². The zero-order valence-corrected chi connectivity index (χ0v) is 12.2. The zero-order valence-electron chi connectivity index (χ0n) is 12.2. The fourth-order valence-electron chi connectivity index (χ4n) is 2.17. The molecule has 0 saturated heterocycles. The minimum atomic E-state index is -4.38. The second kappa shape index (κ2) is 5.20. The molecule has 0 unspecified atom stereocenters. The predicted octanol–water partition coefficient (Wildman–Crippen LogP) is 4.38. The van der Waals surface area contributed by atoms with Crippen molar-refractivity contribution < 1.29 is 22.7 Å². The Morgan fingerprint density at radius 3 is 2.38 bits per heavy atom. The van der Waals surface area contributed by atoms with Crippen LogP contribution in [0.25, 0.3) is 6.08 Å². The second-order valence-corrected chi connectivity index (χ2v) is 6.08. The third-order valence-corrected chi connectivity index (χ3v) is 3.13. The first-order valence-electron chi connectivity index (χ1n) is 6.70. The van der Waals surface area contributed by atoms with Crippen LogP contribution >= 0.6 is 0 Å². The first kappa shape index (κ1) is 15.6. The minimum absolute atomic E-state index is 0.414. The molecule has 0 amide bonds. The molecule has 0 bridgehead atoms. The summed E-state index contributed by atoms with van der Waals surface area (Å²) in [6.45, 7) is 5.26. The van der Waals surface area contributed by atoms with Crippen LogP contribution in [0.1, 0.15) is 43.9 Å². The van der Waals surface area contributed by atoms with Crippen LogP contribution in [0.5, 0.6) is 0 Å². The number of carbonyl (C=O) groups excluding carboxylic acids is 1. The van der Waals surface area contributed by atoms with Gasteiger partial charge in [0.25, 0.3) is 0 Å². The Hall–Kier alpha value is -1.78. The smallest absolute Gasteiger partial charge is 0.416 e. The highest BCUT2D eigenvalue weighted by atomic mass is 19.4. The van der Waals surface area contributed by atoms with Crippen LogP contribution in [0.15, 0.2) is 23.8 Å². The third-order valence-electron chi connectivity index (χ3n) is 3.13. The van der Waals surface area contributed by atoms with Crippen LogP contribution in [0.3, 0.4) is 0 Å². The molecular formula is C16H17F3O2. The molecule has 1 aromatic carbocycles. The van der Waals surface area contributed by atoms with Gasteiger partial charge in [-0.3, -0.25) is 0 Å². The van der Waals surface area contributed by atoms with E-state index in [9.17, 15) is 18.0 Å². The average molecular weight is 298 g/mol. The molecule has 5 heteroatoms. The van der Waals surface area contributed by atoms with Gasteiger partial charge in [-0.1, -0.05) is 6.07 Å². The molecule has 0 aliphatic heterocycles. The monoisotopic (exact) mass is 298 g/mol. The number of alkyl halides is 3. The summed E-state index contributed by atoms with van der Waals surface area (Å²) in [5, 5.41) is 0. The number of aryl methyl sites for hydroxylation is 1. The maximum atomic E-state index is 12.7. The zero-order chi connectivity index (χ0) is 15.8. The molecule has 0 fully saturated rings. The summed E-state index contributed by atoms with van der Waals surface area (Å²) in [7, 11) is 0. The number of esters is 1. The van der Waals surface area contributed by atoms with Crippen molar-refractivity contribution in [1.82, 2.24) is 0 Å². The number of fused-ring (bicyclic) bond motifs is 1. The van der Waals surface area contributed by atoms with Crippen LogP contribution in [0.2, 0.25) is 0 Å². The van der Waals surface area contributed by atoms with E-state index in [-0.39, 0.29) is 0 Å². The van der Waals surface area contributed by atoms with Crippen LogP contribution in [-0.2, 0) is 22.1 Å². The molecule has 114 valence electrons. The van der Waals surface area contributed by atoms with Crippen molar-refractivity contribution in [2.45, 2.75) is 45.4 Å². The molecule has 1 aliphatic carbocycles. The Labute approximate surface area is 121 Å². The second-order valence-electron chi connectivity index (χ2n) is 6.08. The van der Waals surface area contributed by atoms with E-state index in [0.717, 1.165) is 17.7 Å². The van der Waals surface area contributed by atoms with Crippen molar-refractivity contribution in [3.8, 4) is 0 Å². The van der Waals surface area contributed by atoms with E-state index in [1.807, 2.05) is 0 Å². The van der Waals surface area contributed by atoms with Crippen molar-refractivity contribution in [2.24, 2.45) is 0 Å². The summed E-state index contributed by atoms with van der Waals surface area (Å²) < 4.78 is 43.4. The lowest BCUT2D eigenvalue weighted by Crippen LogP contribution is -2.25. The van der Waals surface area contributed by atoms with Crippen molar-refractivity contribution in [3.63, 3.8) is 0 Å². The topological polar surface area (TPSA) is 26.3 Å². The van der Waals surface area contributed by atoms with Gasteiger partial charge in [0.1, 0.15) is 5.60 Å². The summed E-state index contributed by atoms with van der Waals surface area (Å²) in [4.78, 5) is 12.0. The SMILES string of the molecule is CC(C)(C)OC(=O)C1=Cc2cc(C(F)(F)F)ccc2CC1. The number of carbonyl (C=O) groups is 1. The molecule has 0 aromatic heterocycles. The summed E-state index contributed by atoms with van der Waals surface area (Å²) in [5.41, 5.74) is 0.346. The molecule has 2 rings (SSSR count). The van der Waals surface area contributed by atoms with Crippen LogP contribution < -0.4 is 0 Å². The lowest BCUT2D eigenvalue weighted by Gasteiger charge is -2.23. The maximum Gasteiger partial charge on any atom is 0.416 e. The van der Waals surface area contributed by atoms with Gasteiger partial charge in [-0.2, -0.15) is 13.2 Å². The van der Waals surface area contributed by atoms with Crippen LogP contribution in [0.4, 0.5) is 13.2 Å². The predicted molar refractivity (Wildman–Crippen MR) is 73.6 cm³/mol. The van der Waals surface area contributed by atoms with Gasteiger partial charge in [0, 0.05) is 5.57 Å². The highest BCUT2D eigenvalue weighted by molar-refractivity contribution is 5.95. The fourth-order valence-corrected chi connectivity index (χ4v) is 2.17. The average Bonchev–Trinajstić information content (AvgIpc) is 2.34. The van der Waals surface area contributed by atoms with Gasteiger partial charge in [0.2, 0.25) is 0 Å². The first-order chi connectivity index (χ1) is 9.56.